The molecule has 6 nitrogen and oxygen atoms in total. The zero-order valence-corrected chi connectivity index (χ0v) is 19.4. The van der Waals surface area contributed by atoms with Gasteiger partial charge in [-0.2, -0.15) is 0 Å². The molecule has 0 spiro atoms. The van der Waals surface area contributed by atoms with Crippen LogP contribution in [0.2, 0.25) is 0 Å². The van der Waals surface area contributed by atoms with E-state index in [9.17, 15) is 9.59 Å². The van der Waals surface area contributed by atoms with Gasteiger partial charge in [-0.15, -0.1) is 0 Å². The van der Waals surface area contributed by atoms with Crippen LogP contribution in [-0.4, -0.2) is 31.7 Å². The number of nitrogens with zero attached hydrogens (tertiary/aromatic N) is 2. The van der Waals surface area contributed by atoms with Gasteiger partial charge in [-0.25, -0.2) is 9.59 Å². The fraction of sp³-hybridized carbons (Fsp3) is 0.214. The lowest BCUT2D eigenvalue weighted by atomic mass is 9.99. The number of anilines is 2. The van der Waals surface area contributed by atoms with Crippen LogP contribution in [0.5, 0.6) is 0 Å². The van der Waals surface area contributed by atoms with Crippen LogP contribution in [0.25, 0.3) is 0 Å². The summed E-state index contributed by atoms with van der Waals surface area (Å²) in [5.74, 6) is -1.08. The van der Waals surface area contributed by atoms with Gasteiger partial charge >= 0.3 is 11.9 Å². The Kier molecular flexibility index (Phi) is 7.28. The molecular weight excluding hydrogens is 428 g/mol. The van der Waals surface area contributed by atoms with Crippen LogP contribution in [0.4, 0.5) is 11.4 Å². The Balaban J connectivity index is 2.01. The van der Waals surface area contributed by atoms with E-state index in [0.29, 0.717) is 0 Å². The Morgan fingerprint density at radius 2 is 1.24 bits per heavy atom. The lowest BCUT2D eigenvalue weighted by Gasteiger charge is -2.47. The number of ether oxygens (including phenoxy) is 2. The Bertz CT molecular complexity index is 1150. The third kappa shape index (κ3) is 4.66. The van der Waals surface area contributed by atoms with Crippen LogP contribution in [0, 0.1) is 0 Å². The van der Waals surface area contributed by atoms with E-state index < -0.39 is 18.1 Å². The molecule has 0 N–H and O–H groups in total. The maximum absolute atomic E-state index is 13.4. The number of rotatable bonds is 7. The van der Waals surface area contributed by atoms with Crippen molar-refractivity contribution in [2.75, 3.05) is 29.6 Å². The Morgan fingerprint density at radius 1 is 0.735 bits per heavy atom. The van der Waals surface area contributed by atoms with Gasteiger partial charge in [0, 0.05) is 11.4 Å². The van der Waals surface area contributed by atoms with Crippen molar-refractivity contribution in [2.24, 2.45) is 0 Å². The molecule has 6 heteroatoms. The smallest absolute Gasteiger partial charge is 0.355 e. The summed E-state index contributed by atoms with van der Waals surface area (Å²) in [5.41, 5.74) is 3.12. The number of carbonyl (C=O) groups excluding carboxylic acids is 2. The molecule has 0 amide bonds. The van der Waals surface area contributed by atoms with Crippen molar-refractivity contribution in [3.63, 3.8) is 0 Å². The number of hydrogen-bond acceptors (Lipinski definition) is 6. The van der Waals surface area contributed by atoms with Gasteiger partial charge in [0.2, 0.25) is 0 Å². The highest BCUT2D eigenvalue weighted by molar-refractivity contribution is 6.04. The van der Waals surface area contributed by atoms with Gasteiger partial charge in [0.05, 0.1) is 25.3 Å². The zero-order chi connectivity index (χ0) is 23.9. The first-order chi connectivity index (χ1) is 16.7. The van der Waals surface area contributed by atoms with Gasteiger partial charge in [0.1, 0.15) is 11.9 Å². The molecular formula is C28H28N2O4. The minimum atomic E-state index is -0.553. The molecule has 0 saturated heterocycles. The summed E-state index contributed by atoms with van der Waals surface area (Å²) in [7, 11) is 0. The number of hydrogen-bond donors (Lipinski definition) is 0. The molecule has 0 unspecified atom stereocenters. The Morgan fingerprint density at radius 3 is 1.79 bits per heavy atom. The van der Waals surface area contributed by atoms with E-state index in [1.54, 1.807) is 13.8 Å². The quantitative estimate of drug-likeness (QED) is 0.462. The monoisotopic (exact) mass is 456 g/mol. The van der Waals surface area contributed by atoms with Crippen LogP contribution < -0.4 is 9.80 Å². The van der Waals surface area contributed by atoms with Crippen molar-refractivity contribution < 1.29 is 19.1 Å². The first kappa shape index (κ1) is 23.1. The van der Waals surface area contributed by atoms with Gasteiger partial charge in [-0.05, 0) is 43.7 Å². The molecule has 0 aliphatic carbocycles. The summed E-state index contributed by atoms with van der Waals surface area (Å²) in [6.07, 6.45) is -0.399. The molecule has 174 valence electrons. The Hall–Kier alpha value is -4.06. The van der Waals surface area contributed by atoms with Gasteiger partial charge in [-0.3, -0.25) is 0 Å². The number of para-hydroxylation sites is 2. The molecule has 0 fully saturated rings. The van der Waals surface area contributed by atoms with E-state index in [0.717, 1.165) is 16.9 Å². The normalized spacial score (nSPS) is 15.8. The fourth-order valence-electron chi connectivity index (χ4n) is 4.20. The van der Waals surface area contributed by atoms with E-state index in [2.05, 4.69) is 4.90 Å². The Labute approximate surface area is 200 Å². The second-order valence-corrected chi connectivity index (χ2v) is 7.72. The highest BCUT2D eigenvalue weighted by Crippen LogP contribution is 2.41. The van der Waals surface area contributed by atoms with E-state index in [-0.39, 0.29) is 31.0 Å². The van der Waals surface area contributed by atoms with Gasteiger partial charge < -0.3 is 19.3 Å². The first-order valence-electron chi connectivity index (χ1n) is 11.4. The minimum absolute atomic E-state index is 0.194. The highest BCUT2D eigenvalue weighted by Gasteiger charge is 2.42. The van der Waals surface area contributed by atoms with Crippen molar-refractivity contribution in [1.29, 1.82) is 0 Å². The summed E-state index contributed by atoms with van der Waals surface area (Å²) >= 11 is 0. The van der Waals surface area contributed by atoms with E-state index in [1.807, 2.05) is 95.9 Å². The lowest BCUT2D eigenvalue weighted by Crippen LogP contribution is -2.50. The van der Waals surface area contributed by atoms with Crippen LogP contribution >= 0.6 is 0 Å². The lowest BCUT2D eigenvalue weighted by molar-refractivity contribution is -0.142. The van der Waals surface area contributed by atoms with Gasteiger partial charge in [0.25, 0.3) is 0 Å². The zero-order valence-electron chi connectivity index (χ0n) is 19.4. The average molecular weight is 457 g/mol. The molecule has 0 radical (unpaired) electrons. The summed E-state index contributed by atoms with van der Waals surface area (Å²) in [6, 6.07) is 29.4. The van der Waals surface area contributed by atoms with Gasteiger partial charge in [-0.1, -0.05) is 66.7 Å². The molecule has 0 aromatic heterocycles. The summed E-state index contributed by atoms with van der Waals surface area (Å²) in [4.78, 5) is 30.5. The van der Waals surface area contributed by atoms with Crippen molar-refractivity contribution in [2.45, 2.75) is 20.0 Å². The SMILES string of the molecule is CCOC(=O)C1=C(C(=O)OCC)N(c2ccccc2)[C@@H](c2ccccc2)N(c2ccccc2)C1. The standard InChI is InChI=1S/C28H28N2O4/c1-3-33-27(31)24-20-29(22-16-10-6-11-17-22)26(21-14-8-5-9-15-21)30(23-18-12-7-13-19-23)25(24)28(32)34-4-2/h5-19,26H,3-4,20H2,1-2H3/t26-/m0/s1. The second-order valence-electron chi connectivity index (χ2n) is 7.72. The maximum atomic E-state index is 13.4. The van der Waals surface area contributed by atoms with Crippen molar-refractivity contribution in [3.05, 3.63) is 108 Å². The third-order valence-corrected chi connectivity index (χ3v) is 5.61. The first-order valence-corrected chi connectivity index (χ1v) is 11.4. The molecule has 0 bridgehead atoms. The molecule has 1 aliphatic heterocycles. The molecule has 1 atom stereocenters. The molecule has 0 saturated carbocycles. The third-order valence-electron chi connectivity index (χ3n) is 5.61. The predicted octanol–water partition coefficient (Wildman–Crippen LogP) is 5.09. The van der Waals surface area contributed by atoms with E-state index in [4.69, 9.17) is 9.47 Å². The van der Waals surface area contributed by atoms with Crippen molar-refractivity contribution in [3.8, 4) is 0 Å². The molecule has 3 aromatic carbocycles. The van der Waals surface area contributed by atoms with Crippen LogP contribution in [0.15, 0.2) is 102 Å². The molecule has 3 aromatic rings. The van der Waals surface area contributed by atoms with E-state index in [1.165, 1.54) is 0 Å². The van der Waals surface area contributed by atoms with Crippen molar-refractivity contribution in [1.82, 2.24) is 0 Å². The molecule has 4 rings (SSSR count). The fourth-order valence-corrected chi connectivity index (χ4v) is 4.20. The van der Waals surface area contributed by atoms with Gasteiger partial charge in [0.15, 0.2) is 0 Å². The van der Waals surface area contributed by atoms with Crippen LogP contribution in [-0.2, 0) is 19.1 Å². The highest BCUT2D eigenvalue weighted by atomic mass is 16.5. The number of carbonyl (C=O) groups is 2. The molecule has 1 heterocycles. The van der Waals surface area contributed by atoms with Crippen molar-refractivity contribution >= 4 is 23.3 Å². The van der Waals surface area contributed by atoms with Crippen LogP contribution in [0.3, 0.4) is 0 Å². The predicted molar refractivity (Wildman–Crippen MR) is 132 cm³/mol. The van der Waals surface area contributed by atoms with E-state index >= 15 is 0 Å². The van der Waals surface area contributed by atoms with Crippen LogP contribution in [0.1, 0.15) is 25.6 Å². The average Bonchev–Trinajstić information content (AvgIpc) is 2.89. The maximum Gasteiger partial charge on any atom is 0.355 e. The summed E-state index contributed by atoms with van der Waals surface area (Å²) < 4.78 is 10.8. The number of esters is 2. The summed E-state index contributed by atoms with van der Waals surface area (Å²) in [5, 5.41) is 0. The largest absolute Gasteiger partial charge is 0.463 e. The number of benzene rings is 3. The molecule has 1 aliphatic rings. The second kappa shape index (κ2) is 10.7. The molecule has 34 heavy (non-hydrogen) atoms. The minimum Gasteiger partial charge on any atom is -0.463 e. The topological polar surface area (TPSA) is 59.1 Å². The summed E-state index contributed by atoms with van der Waals surface area (Å²) in [6.45, 7) is 4.10.